The fourth-order valence-corrected chi connectivity index (χ4v) is 2.82. The Hall–Kier alpha value is -3.34. The molecule has 0 fully saturated rings. The van der Waals surface area contributed by atoms with Crippen LogP contribution in [0.25, 0.3) is 17.0 Å². The van der Waals surface area contributed by atoms with Crippen molar-refractivity contribution >= 4 is 28.7 Å². The highest BCUT2D eigenvalue weighted by Crippen LogP contribution is 2.21. The van der Waals surface area contributed by atoms with Gasteiger partial charge < -0.3 is 14.5 Å². The molecule has 1 atom stereocenters. The van der Waals surface area contributed by atoms with Gasteiger partial charge in [0.2, 0.25) is 5.78 Å². The van der Waals surface area contributed by atoms with Crippen LogP contribution in [0, 0.1) is 0 Å². The lowest BCUT2D eigenvalue weighted by Gasteiger charge is -2.10. The van der Waals surface area contributed by atoms with Crippen LogP contribution in [-0.2, 0) is 9.53 Å². The van der Waals surface area contributed by atoms with Crippen molar-refractivity contribution in [1.29, 1.82) is 0 Å². The fraction of sp³-hybridized carbons (Fsp3) is 0.182. The first kappa shape index (κ1) is 18.5. The Bertz CT molecular complexity index is 987. The molecule has 1 unspecified atom stereocenters. The Morgan fingerprint density at radius 1 is 1.11 bits per heavy atom. The molecule has 0 bridgehead atoms. The number of hydrogen-bond acceptors (Lipinski definition) is 4. The van der Waals surface area contributed by atoms with E-state index < -0.39 is 12.1 Å². The van der Waals surface area contributed by atoms with Crippen LogP contribution in [0.5, 0.6) is 5.75 Å². The van der Waals surface area contributed by atoms with Crippen LogP contribution in [0.1, 0.15) is 29.8 Å². The smallest absolute Gasteiger partial charge is 0.331 e. The van der Waals surface area contributed by atoms with E-state index in [4.69, 9.17) is 9.47 Å². The van der Waals surface area contributed by atoms with E-state index in [0.29, 0.717) is 17.9 Å². The number of Topliss-reactive ketones (excluding diaryl/α,β-unsaturated/α-hetero) is 1. The lowest BCUT2D eigenvalue weighted by Crippen LogP contribution is -2.23. The van der Waals surface area contributed by atoms with E-state index in [0.717, 1.165) is 16.5 Å². The molecule has 3 aromatic rings. The van der Waals surface area contributed by atoms with Crippen LogP contribution in [0.15, 0.2) is 60.8 Å². The molecule has 0 saturated heterocycles. The van der Waals surface area contributed by atoms with Crippen molar-refractivity contribution in [2.24, 2.45) is 0 Å². The summed E-state index contributed by atoms with van der Waals surface area (Å²) in [6, 6.07) is 14.9. The van der Waals surface area contributed by atoms with Gasteiger partial charge in [-0.1, -0.05) is 36.4 Å². The molecule has 0 spiro atoms. The molecule has 1 aromatic heterocycles. The van der Waals surface area contributed by atoms with Gasteiger partial charge in [-0.3, -0.25) is 4.79 Å². The van der Waals surface area contributed by atoms with E-state index in [2.05, 4.69) is 4.98 Å². The quantitative estimate of drug-likeness (QED) is 0.384. The summed E-state index contributed by atoms with van der Waals surface area (Å²) in [6.07, 6.45) is 3.68. The number of nitrogens with one attached hydrogen (secondary N) is 1. The third-order valence-electron chi connectivity index (χ3n) is 4.13. The molecular weight excluding hydrogens is 342 g/mol. The number of carbonyl (C=O) groups excluding carboxylic acids is 2. The number of aromatic nitrogens is 1. The molecule has 0 aliphatic carbocycles. The zero-order valence-electron chi connectivity index (χ0n) is 15.3. The molecule has 5 nitrogen and oxygen atoms in total. The highest BCUT2D eigenvalue weighted by molar-refractivity contribution is 6.10. The number of aromatic amines is 1. The molecule has 0 radical (unpaired) electrons. The highest BCUT2D eigenvalue weighted by atomic mass is 16.5. The number of fused-ring (bicyclic) bond motifs is 1. The van der Waals surface area contributed by atoms with Crippen LogP contribution in [0.2, 0.25) is 0 Å². The molecule has 0 saturated carbocycles. The number of ether oxygens (including phenoxy) is 2. The molecule has 3 rings (SSSR count). The summed E-state index contributed by atoms with van der Waals surface area (Å²) in [5.74, 6) is -0.141. The lowest BCUT2D eigenvalue weighted by atomic mass is 10.1. The summed E-state index contributed by atoms with van der Waals surface area (Å²) in [5.41, 5.74) is 2.15. The second-order valence-corrected chi connectivity index (χ2v) is 6.00. The second kappa shape index (κ2) is 8.36. The number of hydrogen-bond donors (Lipinski definition) is 1. The van der Waals surface area contributed by atoms with Crippen LogP contribution in [-0.4, -0.2) is 29.4 Å². The lowest BCUT2D eigenvalue weighted by molar-refractivity contribution is -0.140. The van der Waals surface area contributed by atoms with E-state index in [1.807, 2.05) is 55.5 Å². The average Bonchev–Trinajstić information content (AvgIpc) is 3.11. The SMILES string of the molecule is CCOc1ccccc1/C=C/C(=O)OC(C)C(=O)c1c[nH]c2ccccc12. The Labute approximate surface area is 157 Å². The number of esters is 1. The maximum absolute atomic E-state index is 12.6. The van der Waals surface area contributed by atoms with Crippen molar-refractivity contribution in [3.05, 3.63) is 71.9 Å². The van der Waals surface area contributed by atoms with Gasteiger partial charge in [0.05, 0.1) is 6.61 Å². The summed E-state index contributed by atoms with van der Waals surface area (Å²) in [4.78, 5) is 27.8. The minimum absolute atomic E-state index is 0.246. The summed E-state index contributed by atoms with van der Waals surface area (Å²) in [7, 11) is 0. The molecule has 138 valence electrons. The minimum Gasteiger partial charge on any atom is -0.493 e. The monoisotopic (exact) mass is 363 g/mol. The van der Waals surface area contributed by atoms with Crippen molar-refractivity contribution in [1.82, 2.24) is 4.98 Å². The van der Waals surface area contributed by atoms with Gasteiger partial charge >= 0.3 is 5.97 Å². The van der Waals surface area contributed by atoms with Crippen LogP contribution in [0.3, 0.4) is 0 Å². The Kier molecular flexibility index (Phi) is 5.71. The van der Waals surface area contributed by atoms with Gasteiger partial charge in [0, 0.05) is 34.3 Å². The molecular formula is C22H21NO4. The van der Waals surface area contributed by atoms with Gasteiger partial charge in [-0.05, 0) is 32.1 Å². The van der Waals surface area contributed by atoms with Crippen LogP contribution >= 0.6 is 0 Å². The predicted octanol–water partition coefficient (Wildman–Crippen LogP) is 4.39. The number of carbonyl (C=O) groups is 2. The van der Waals surface area contributed by atoms with E-state index in [1.165, 1.54) is 6.08 Å². The summed E-state index contributed by atoms with van der Waals surface area (Å²) >= 11 is 0. The Balaban J connectivity index is 1.68. The van der Waals surface area contributed by atoms with Crippen LogP contribution < -0.4 is 4.74 Å². The molecule has 1 N–H and O–H groups in total. The van der Waals surface area contributed by atoms with Gasteiger partial charge in [0.15, 0.2) is 6.10 Å². The van der Waals surface area contributed by atoms with Crippen molar-refractivity contribution in [2.45, 2.75) is 20.0 Å². The first-order valence-corrected chi connectivity index (χ1v) is 8.81. The molecule has 5 heteroatoms. The molecule has 2 aromatic carbocycles. The maximum Gasteiger partial charge on any atom is 0.331 e. The second-order valence-electron chi connectivity index (χ2n) is 6.00. The van der Waals surface area contributed by atoms with Crippen LogP contribution in [0.4, 0.5) is 0 Å². The van der Waals surface area contributed by atoms with Crippen molar-refractivity contribution in [2.75, 3.05) is 6.61 Å². The molecule has 0 aliphatic rings. The maximum atomic E-state index is 12.6. The van der Waals surface area contributed by atoms with Gasteiger partial charge in [-0.15, -0.1) is 0 Å². The first-order chi connectivity index (χ1) is 13.1. The van der Waals surface area contributed by atoms with E-state index >= 15 is 0 Å². The van der Waals surface area contributed by atoms with Gasteiger partial charge in [-0.2, -0.15) is 0 Å². The third-order valence-corrected chi connectivity index (χ3v) is 4.13. The largest absolute Gasteiger partial charge is 0.493 e. The zero-order valence-corrected chi connectivity index (χ0v) is 15.3. The van der Waals surface area contributed by atoms with E-state index in [1.54, 1.807) is 19.2 Å². The summed E-state index contributed by atoms with van der Waals surface area (Å²) in [6.45, 7) is 4.00. The topological polar surface area (TPSA) is 68.4 Å². The van der Waals surface area contributed by atoms with E-state index in [-0.39, 0.29) is 5.78 Å². The average molecular weight is 363 g/mol. The van der Waals surface area contributed by atoms with E-state index in [9.17, 15) is 9.59 Å². The third kappa shape index (κ3) is 4.26. The molecule has 0 amide bonds. The van der Waals surface area contributed by atoms with Gasteiger partial charge in [0.1, 0.15) is 5.75 Å². The standard InChI is InChI=1S/C22H21NO4/c1-3-26-20-11-7-4-8-16(20)12-13-21(24)27-15(2)22(25)18-14-23-19-10-6-5-9-17(18)19/h4-15,23H,3H2,1-2H3/b13-12+. The molecule has 27 heavy (non-hydrogen) atoms. The number of rotatable bonds is 7. The fourth-order valence-electron chi connectivity index (χ4n) is 2.82. The normalized spacial score (nSPS) is 12.2. The number of ketones is 1. The van der Waals surface area contributed by atoms with Crippen molar-refractivity contribution < 1.29 is 19.1 Å². The van der Waals surface area contributed by atoms with Gasteiger partial charge in [-0.25, -0.2) is 4.79 Å². The molecule has 0 aliphatic heterocycles. The number of para-hydroxylation sites is 2. The summed E-state index contributed by atoms with van der Waals surface area (Å²) in [5, 5.41) is 0.812. The minimum atomic E-state index is -0.886. The van der Waals surface area contributed by atoms with Crippen molar-refractivity contribution in [3.63, 3.8) is 0 Å². The Morgan fingerprint density at radius 3 is 2.67 bits per heavy atom. The summed E-state index contributed by atoms with van der Waals surface area (Å²) < 4.78 is 10.8. The number of H-pyrrole nitrogens is 1. The highest BCUT2D eigenvalue weighted by Gasteiger charge is 2.21. The zero-order chi connectivity index (χ0) is 19.2. The predicted molar refractivity (Wildman–Crippen MR) is 105 cm³/mol. The first-order valence-electron chi connectivity index (χ1n) is 8.81. The number of benzene rings is 2. The molecule has 1 heterocycles. The van der Waals surface area contributed by atoms with Crippen molar-refractivity contribution in [3.8, 4) is 5.75 Å². The Morgan fingerprint density at radius 2 is 1.85 bits per heavy atom. The van der Waals surface area contributed by atoms with Gasteiger partial charge in [0.25, 0.3) is 0 Å².